The number of hydrogen-bond acceptors (Lipinski definition) is 3. The Morgan fingerprint density at radius 1 is 1.25 bits per heavy atom. The maximum atomic E-state index is 13.6. The molecule has 3 rings (SSSR count). The van der Waals surface area contributed by atoms with Crippen LogP contribution < -0.4 is 5.32 Å². The van der Waals surface area contributed by atoms with Gasteiger partial charge in [0.25, 0.3) is 0 Å². The summed E-state index contributed by atoms with van der Waals surface area (Å²) in [6.45, 7) is 2.05. The van der Waals surface area contributed by atoms with E-state index in [0.29, 0.717) is 0 Å². The van der Waals surface area contributed by atoms with Gasteiger partial charge in [-0.1, -0.05) is 18.2 Å². The molecule has 3 aromatic rings. The SMILES string of the molecule is CNC(C)c1cnc(F)cc1-c1cccc2ccsc12. The summed E-state index contributed by atoms with van der Waals surface area (Å²) in [6.07, 6.45) is 1.62. The maximum absolute atomic E-state index is 13.6. The summed E-state index contributed by atoms with van der Waals surface area (Å²) >= 11 is 1.68. The quantitative estimate of drug-likeness (QED) is 0.723. The van der Waals surface area contributed by atoms with Crippen LogP contribution in [0.1, 0.15) is 18.5 Å². The molecule has 0 saturated heterocycles. The van der Waals surface area contributed by atoms with E-state index >= 15 is 0 Å². The molecule has 0 saturated carbocycles. The van der Waals surface area contributed by atoms with E-state index in [1.807, 2.05) is 26.1 Å². The highest BCUT2D eigenvalue weighted by molar-refractivity contribution is 7.17. The van der Waals surface area contributed by atoms with Gasteiger partial charge in [-0.15, -0.1) is 11.3 Å². The van der Waals surface area contributed by atoms with E-state index in [2.05, 4.69) is 27.8 Å². The molecule has 0 fully saturated rings. The smallest absolute Gasteiger partial charge is 0.213 e. The van der Waals surface area contributed by atoms with Gasteiger partial charge in [-0.05, 0) is 41.9 Å². The third-order valence-corrected chi connectivity index (χ3v) is 4.53. The molecule has 1 atom stereocenters. The fraction of sp³-hybridized carbons (Fsp3) is 0.188. The lowest BCUT2D eigenvalue weighted by Crippen LogP contribution is -2.14. The molecule has 1 aromatic carbocycles. The van der Waals surface area contributed by atoms with E-state index in [1.54, 1.807) is 17.5 Å². The average Bonchev–Trinajstić information content (AvgIpc) is 2.94. The Hall–Kier alpha value is -1.78. The van der Waals surface area contributed by atoms with Gasteiger partial charge in [-0.3, -0.25) is 0 Å². The predicted octanol–water partition coefficient (Wildman–Crippen LogP) is 4.38. The number of nitrogens with one attached hydrogen (secondary N) is 1. The van der Waals surface area contributed by atoms with Crippen molar-refractivity contribution in [3.63, 3.8) is 0 Å². The fourth-order valence-corrected chi connectivity index (χ4v) is 3.31. The van der Waals surface area contributed by atoms with Gasteiger partial charge >= 0.3 is 0 Å². The van der Waals surface area contributed by atoms with Gasteiger partial charge in [0, 0.05) is 28.6 Å². The van der Waals surface area contributed by atoms with Crippen molar-refractivity contribution in [3.05, 3.63) is 53.4 Å². The number of benzene rings is 1. The van der Waals surface area contributed by atoms with E-state index in [0.717, 1.165) is 16.7 Å². The molecule has 2 aromatic heterocycles. The van der Waals surface area contributed by atoms with Gasteiger partial charge in [0.05, 0.1) is 0 Å². The van der Waals surface area contributed by atoms with Gasteiger partial charge in [0.1, 0.15) is 0 Å². The lowest BCUT2D eigenvalue weighted by molar-refractivity contribution is 0.577. The second kappa shape index (κ2) is 5.31. The van der Waals surface area contributed by atoms with Crippen LogP contribution in [0.3, 0.4) is 0 Å². The van der Waals surface area contributed by atoms with E-state index in [4.69, 9.17) is 0 Å². The molecule has 0 amide bonds. The Morgan fingerprint density at radius 2 is 2.10 bits per heavy atom. The van der Waals surface area contributed by atoms with E-state index in [1.165, 1.54) is 16.2 Å². The predicted molar refractivity (Wildman–Crippen MR) is 82.5 cm³/mol. The molecular weight excluding hydrogens is 271 g/mol. The zero-order valence-electron chi connectivity index (χ0n) is 11.4. The van der Waals surface area contributed by atoms with Crippen molar-refractivity contribution < 1.29 is 4.39 Å². The number of thiophene rings is 1. The summed E-state index contributed by atoms with van der Waals surface area (Å²) in [5, 5.41) is 6.44. The van der Waals surface area contributed by atoms with Gasteiger partial charge < -0.3 is 5.32 Å². The molecule has 4 heteroatoms. The molecule has 2 nitrogen and oxygen atoms in total. The van der Waals surface area contributed by atoms with E-state index in [-0.39, 0.29) is 6.04 Å². The third-order valence-electron chi connectivity index (χ3n) is 3.57. The van der Waals surface area contributed by atoms with Crippen LogP contribution in [-0.2, 0) is 0 Å². The van der Waals surface area contributed by atoms with Crippen LogP contribution in [0.5, 0.6) is 0 Å². The Bertz CT molecular complexity index is 751. The number of pyridine rings is 1. The first-order valence-corrected chi connectivity index (χ1v) is 7.38. The van der Waals surface area contributed by atoms with Gasteiger partial charge in [0.15, 0.2) is 0 Å². The lowest BCUT2D eigenvalue weighted by atomic mass is 9.97. The standard InChI is InChI=1S/C16H15FN2S/c1-10(18-2)14-9-19-15(17)8-13(14)12-5-3-4-11-6-7-20-16(11)12/h3-10,18H,1-2H3. The van der Waals surface area contributed by atoms with Crippen molar-refractivity contribution in [1.82, 2.24) is 10.3 Å². The number of fused-ring (bicyclic) bond motifs is 1. The third kappa shape index (κ3) is 2.21. The fourth-order valence-electron chi connectivity index (χ4n) is 2.38. The van der Waals surface area contributed by atoms with Gasteiger partial charge in [-0.2, -0.15) is 4.39 Å². The molecule has 102 valence electrons. The summed E-state index contributed by atoms with van der Waals surface area (Å²) in [5.41, 5.74) is 2.98. The number of rotatable bonds is 3. The molecule has 1 N–H and O–H groups in total. The summed E-state index contributed by atoms with van der Waals surface area (Å²) in [6, 6.07) is 9.86. The topological polar surface area (TPSA) is 24.9 Å². The van der Waals surface area contributed by atoms with Crippen molar-refractivity contribution in [1.29, 1.82) is 0 Å². The molecule has 2 heterocycles. The Balaban J connectivity index is 2.28. The first-order chi connectivity index (χ1) is 9.70. The minimum Gasteiger partial charge on any atom is -0.313 e. The summed E-state index contributed by atoms with van der Waals surface area (Å²) < 4.78 is 14.8. The molecule has 20 heavy (non-hydrogen) atoms. The highest BCUT2D eigenvalue weighted by Gasteiger charge is 2.15. The Kier molecular flexibility index (Phi) is 3.51. The van der Waals surface area contributed by atoms with E-state index in [9.17, 15) is 4.39 Å². The van der Waals surface area contributed by atoms with Crippen molar-refractivity contribution in [2.45, 2.75) is 13.0 Å². The van der Waals surface area contributed by atoms with Crippen molar-refractivity contribution in [2.24, 2.45) is 0 Å². The Morgan fingerprint density at radius 3 is 2.90 bits per heavy atom. The summed E-state index contributed by atoms with van der Waals surface area (Å²) in [7, 11) is 1.89. The van der Waals surface area contributed by atoms with Crippen LogP contribution in [0.15, 0.2) is 41.9 Å². The minimum absolute atomic E-state index is 0.119. The summed E-state index contributed by atoms with van der Waals surface area (Å²) in [4.78, 5) is 3.80. The number of halogens is 1. The van der Waals surface area contributed by atoms with Crippen molar-refractivity contribution in [3.8, 4) is 11.1 Å². The maximum Gasteiger partial charge on any atom is 0.213 e. The molecule has 0 aliphatic heterocycles. The first kappa shape index (κ1) is 13.2. The number of aromatic nitrogens is 1. The van der Waals surface area contributed by atoms with Crippen LogP contribution in [0, 0.1) is 5.95 Å². The van der Waals surface area contributed by atoms with Crippen LogP contribution >= 0.6 is 11.3 Å². The average molecular weight is 286 g/mol. The lowest BCUT2D eigenvalue weighted by Gasteiger charge is -2.16. The normalized spacial score (nSPS) is 12.8. The highest BCUT2D eigenvalue weighted by Crippen LogP contribution is 2.36. The van der Waals surface area contributed by atoms with Crippen LogP contribution in [0.25, 0.3) is 21.2 Å². The second-order valence-electron chi connectivity index (χ2n) is 4.75. The molecule has 0 aliphatic rings. The van der Waals surface area contributed by atoms with Gasteiger partial charge in [0.2, 0.25) is 5.95 Å². The number of nitrogens with zero attached hydrogens (tertiary/aromatic N) is 1. The van der Waals surface area contributed by atoms with Gasteiger partial charge in [-0.25, -0.2) is 4.98 Å². The van der Waals surface area contributed by atoms with Crippen molar-refractivity contribution in [2.75, 3.05) is 7.05 Å². The molecular formula is C16H15FN2S. The monoisotopic (exact) mass is 286 g/mol. The van der Waals surface area contributed by atoms with E-state index < -0.39 is 5.95 Å². The molecule has 1 unspecified atom stereocenters. The molecule has 0 bridgehead atoms. The van der Waals surface area contributed by atoms with Crippen LogP contribution in [-0.4, -0.2) is 12.0 Å². The zero-order valence-corrected chi connectivity index (χ0v) is 12.2. The molecule has 0 radical (unpaired) electrons. The molecule has 0 aliphatic carbocycles. The van der Waals surface area contributed by atoms with Crippen LogP contribution in [0.2, 0.25) is 0 Å². The zero-order chi connectivity index (χ0) is 14.1. The second-order valence-corrected chi connectivity index (χ2v) is 5.67. The van der Waals surface area contributed by atoms with Crippen molar-refractivity contribution >= 4 is 21.4 Å². The van der Waals surface area contributed by atoms with Crippen LogP contribution in [0.4, 0.5) is 4.39 Å². The first-order valence-electron chi connectivity index (χ1n) is 6.50. The summed E-state index contributed by atoms with van der Waals surface area (Å²) in [5.74, 6) is -0.444. The molecule has 0 spiro atoms. The Labute approximate surface area is 121 Å². The highest BCUT2D eigenvalue weighted by atomic mass is 32.1. The number of hydrogen-bond donors (Lipinski definition) is 1. The minimum atomic E-state index is -0.444. The largest absolute Gasteiger partial charge is 0.313 e.